The van der Waals surface area contributed by atoms with Crippen molar-refractivity contribution < 1.29 is 19.1 Å². The van der Waals surface area contributed by atoms with E-state index in [0.29, 0.717) is 12.8 Å². The number of ether oxygens (including phenoxy) is 1. The monoisotopic (exact) mass is 209 g/mol. The third kappa shape index (κ3) is 1.65. The Balaban J connectivity index is 1.96. The highest BCUT2D eigenvalue weighted by molar-refractivity contribution is 5.98. The van der Waals surface area contributed by atoms with Gasteiger partial charge in [-0.05, 0) is 13.3 Å². The van der Waals surface area contributed by atoms with Gasteiger partial charge in [0.2, 0.25) is 5.91 Å². The van der Waals surface area contributed by atoms with E-state index in [4.69, 9.17) is 4.74 Å². The van der Waals surface area contributed by atoms with Crippen molar-refractivity contribution in [2.24, 2.45) is 0 Å². The molecule has 2 aliphatic rings. The Morgan fingerprint density at radius 1 is 1.60 bits per heavy atom. The molecule has 0 spiro atoms. The maximum Gasteiger partial charge on any atom is 0.355 e. The molecular weight excluding hydrogens is 198 g/mol. The molecule has 0 unspecified atom stereocenters. The molecule has 5 nitrogen and oxygen atoms in total. The summed E-state index contributed by atoms with van der Waals surface area (Å²) >= 11 is 0. The van der Waals surface area contributed by atoms with Crippen LogP contribution in [0, 0.1) is 0 Å². The van der Waals surface area contributed by atoms with E-state index in [-0.39, 0.29) is 30.0 Å². The summed E-state index contributed by atoms with van der Waals surface area (Å²) in [6.07, 6.45) is 2.90. The van der Waals surface area contributed by atoms with Gasteiger partial charge >= 0.3 is 5.97 Å². The molecule has 0 radical (unpaired) electrons. The minimum Gasteiger partial charge on any atom is -0.453 e. The third-order valence-corrected chi connectivity index (χ3v) is 2.50. The van der Waals surface area contributed by atoms with Crippen molar-refractivity contribution in [3.05, 3.63) is 11.8 Å². The maximum atomic E-state index is 11.4. The number of hydrogen-bond acceptors (Lipinski definition) is 4. The fraction of sp³-hybridized carbons (Fsp3) is 0.500. The van der Waals surface area contributed by atoms with Crippen molar-refractivity contribution in [1.82, 2.24) is 4.90 Å². The van der Waals surface area contributed by atoms with E-state index in [1.807, 2.05) is 0 Å². The fourth-order valence-corrected chi connectivity index (χ4v) is 1.77. The smallest absolute Gasteiger partial charge is 0.355 e. The van der Waals surface area contributed by atoms with Crippen molar-refractivity contribution >= 4 is 17.7 Å². The summed E-state index contributed by atoms with van der Waals surface area (Å²) < 4.78 is 4.74. The molecule has 0 aromatic rings. The summed E-state index contributed by atoms with van der Waals surface area (Å²) in [5.41, 5.74) is 0.289. The second-order valence-electron chi connectivity index (χ2n) is 3.72. The quantitative estimate of drug-likeness (QED) is 0.485. The molecule has 0 aliphatic carbocycles. The molecule has 0 aromatic carbocycles. The van der Waals surface area contributed by atoms with Gasteiger partial charge in [0, 0.05) is 12.5 Å². The van der Waals surface area contributed by atoms with Crippen LogP contribution in [0.2, 0.25) is 0 Å². The highest BCUT2D eigenvalue weighted by Crippen LogP contribution is 2.33. The van der Waals surface area contributed by atoms with E-state index in [9.17, 15) is 14.4 Å². The Kier molecular flexibility index (Phi) is 2.30. The van der Waals surface area contributed by atoms with E-state index >= 15 is 0 Å². The van der Waals surface area contributed by atoms with E-state index in [2.05, 4.69) is 0 Å². The predicted molar refractivity (Wildman–Crippen MR) is 49.6 cm³/mol. The zero-order valence-corrected chi connectivity index (χ0v) is 8.36. The molecule has 1 amide bonds. The van der Waals surface area contributed by atoms with Crippen LogP contribution in [-0.4, -0.2) is 35.2 Å². The molecule has 5 heteroatoms. The highest BCUT2D eigenvalue weighted by atomic mass is 16.5. The van der Waals surface area contributed by atoms with Crippen LogP contribution in [0.25, 0.3) is 0 Å². The molecule has 0 saturated carbocycles. The summed E-state index contributed by atoms with van der Waals surface area (Å²) in [4.78, 5) is 34.7. The maximum absolute atomic E-state index is 11.4. The first-order chi connectivity index (χ1) is 7.09. The molecular formula is C10H11NO4. The van der Waals surface area contributed by atoms with Gasteiger partial charge in [-0.2, -0.15) is 0 Å². The van der Waals surface area contributed by atoms with Crippen LogP contribution in [0.1, 0.15) is 19.8 Å². The number of carbonyl (C=O) groups excluding carboxylic acids is 3. The molecule has 0 bridgehead atoms. The van der Waals surface area contributed by atoms with Crippen LogP contribution >= 0.6 is 0 Å². The lowest BCUT2D eigenvalue weighted by molar-refractivity contribution is -0.151. The summed E-state index contributed by atoms with van der Waals surface area (Å²) in [6.45, 7) is 1.11. The zero-order valence-electron chi connectivity index (χ0n) is 8.36. The molecule has 1 saturated heterocycles. The molecule has 0 aromatic heterocycles. The average Bonchev–Trinajstić information content (AvgIpc) is 2.51. The van der Waals surface area contributed by atoms with E-state index < -0.39 is 5.97 Å². The van der Waals surface area contributed by atoms with Gasteiger partial charge in [-0.25, -0.2) is 4.79 Å². The molecule has 1 atom stereocenters. The normalized spacial score (nSPS) is 23.0. The van der Waals surface area contributed by atoms with Gasteiger partial charge in [0.15, 0.2) is 5.78 Å². The second-order valence-corrected chi connectivity index (χ2v) is 3.72. The zero-order chi connectivity index (χ0) is 11.0. The Labute approximate surface area is 86.7 Å². The first kappa shape index (κ1) is 9.89. The van der Waals surface area contributed by atoms with Gasteiger partial charge in [-0.3, -0.25) is 9.59 Å². The van der Waals surface area contributed by atoms with Crippen molar-refractivity contribution in [3.8, 4) is 0 Å². The molecule has 2 aliphatic heterocycles. The van der Waals surface area contributed by atoms with Crippen LogP contribution in [0.3, 0.4) is 0 Å². The SMILES string of the molecule is CC(=O)COC(=O)C1=CC[C@@H]2CC(=O)N12. The third-order valence-electron chi connectivity index (χ3n) is 2.50. The van der Waals surface area contributed by atoms with E-state index in [1.54, 1.807) is 6.08 Å². The number of carbonyl (C=O) groups is 3. The number of β-lactam (4-membered cyclic amide) rings is 1. The summed E-state index contributed by atoms with van der Waals surface area (Å²) in [5.74, 6) is -0.849. The van der Waals surface area contributed by atoms with Crippen molar-refractivity contribution in [3.63, 3.8) is 0 Å². The Morgan fingerprint density at radius 2 is 2.33 bits per heavy atom. The van der Waals surface area contributed by atoms with Crippen molar-refractivity contribution in [2.45, 2.75) is 25.8 Å². The number of ketones is 1. The van der Waals surface area contributed by atoms with E-state index in [1.165, 1.54) is 11.8 Å². The lowest BCUT2D eigenvalue weighted by atomic mass is 10.0. The molecule has 0 N–H and O–H groups in total. The highest BCUT2D eigenvalue weighted by Gasteiger charge is 2.44. The predicted octanol–water partition coefficient (Wildman–Crippen LogP) is 0.00710. The first-order valence-electron chi connectivity index (χ1n) is 4.78. The van der Waals surface area contributed by atoms with Gasteiger partial charge in [0.1, 0.15) is 12.3 Å². The largest absolute Gasteiger partial charge is 0.453 e. The summed E-state index contributed by atoms with van der Waals surface area (Å²) in [7, 11) is 0. The van der Waals surface area contributed by atoms with Gasteiger partial charge in [-0.15, -0.1) is 0 Å². The van der Waals surface area contributed by atoms with Gasteiger partial charge < -0.3 is 9.64 Å². The van der Waals surface area contributed by atoms with Crippen LogP contribution in [0.4, 0.5) is 0 Å². The number of esters is 1. The number of fused-ring (bicyclic) bond motifs is 1. The molecule has 80 valence electrons. The average molecular weight is 209 g/mol. The van der Waals surface area contributed by atoms with E-state index in [0.717, 1.165) is 0 Å². The standard InChI is InChI=1S/C10H11NO4/c1-6(12)5-15-10(14)8-3-2-7-4-9(13)11(7)8/h3,7H,2,4-5H2,1H3/t7-/m1/s1. The fourth-order valence-electron chi connectivity index (χ4n) is 1.77. The number of amides is 1. The van der Waals surface area contributed by atoms with Crippen molar-refractivity contribution in [1.29, 1.82) is 0 Å². The first-order valence-corrected chi connectivity index (χ1v) is 4.78. The van der Waals surface area contributed by atoms with Crippen LogP contribution in [-0.2, 0) is 19.1 Å². The summed E-state index contributed by atoms with van der Waals surface area (Å²) in [6, 6.07) is 0.136. The Morgan fingerprint density at radius 3 is 2.93 bits per heavy atom. The van der Waals surface area contributed by atoms with Crippen LogP contribution in [0.5, 0.6) is 0 Å². The Hall–Kier alpha value is -1.65. The molecule has 1 fully saturated rings. The Bertz CT molecular complexity index is 372. The minimum atomic E-state index is -0.583. The van der Waals surface area contributed by atoms with Gasteiger partial charge in [0.05, 0.1) is 0 Å². The van der Waals surface area contributed by atoms with Gasteiger partial charge in [-0.1, -0.05) is 6.08 Å². The number of rotatable bonds is 3. The molecule has 2 heterocycles. The minimum absolute atomic E-state index is 0.0523. The van der Waals surface area contributed by atoms with Crippen LogP contribution < -0.4 is 0 Å². The molecule has 15 heavy (non-hydrogen) atoms. The lowest BCUT2D eigenvalue weighted by Crippen LogP contribution is -2.49. The summed E-state index contributed by atoms with van der Waals surface area (Å²) in [5, 5.41) is 0. The molecule has 2 rings (SSSR count). The van der Waals surface area contributed by atoms with Crippen molar-refractivity contribution in [2.75, 3.05) is 6.61 Å². The van der Waals surface area contributed by atoms with Crippen LogP contribution in [0.15, 0.2) is 11.8 Å². The van der Waals surface area contributed by atoms with Gasteiger partial charge in [0.25, 0.3) is 0 Å². The number of nitrogens with zero attached hydrogens (tertiary/aromatic N) is 1. The lowest BCUT2D eigenvalue weighted by Gasteiger charge is -2.35. The number of Topliss-reactive ketones (excluding diaryl/α,β-unsaturated/α-hetero) is 1. The second kappa shape index (κ2) is 3.49. The number of hydrogen-bond donors (Lipinski definition) is 0. The topological polar surface area (TPSA) is 63.7 Å².